The van der Waals surface area contributed by atoms with Crippen LogP contribution in [0.4, 0.5) is 4.39 Å². The fourth-order valence-electron chi connectivity index (χ4n) is 3.22. The SMILES string of the molecule is COc1ccc(CN2CCC[C@@H](CNC(=O)c3cccs3)C2)c(F)c1. The van der Waals surface area contributed by atoms with Crippen LogP contribution in [0.3, 0.4) is 0 Å². The van der Waals surface area contributed by atoms with Gasteiger partial charge in [-0.25, -0.2) is 4.39 Å². The molecule has 0 bridgehead atoms. The van der Waals surface area contributed by atoms with E-state index in [1.165, 1.54) is 24.5 Å². The summed E-state index contributed by atoms with van der Waals surface area (Å²) in [6, 6.07) is 8.72. The molecule has 0 saturated carbocycles. The Balaban J connectivity index is 1.52. The van der Waals surface area contributed by atoms with Gasteiger partial charge in [-0.15, -0.1) is 11.3 Å². The number of amides is 1. The van der Waals surface area contributed by atoms with Gasteiger partial charge in [-0.2, -0.15) is 0 Å². The highest BCUT2D eigenvalue weighted by Gasteiger charge is 2.21. The number of thiophene rings is 1. The lowest BCUT2D eigenvalue weighted by Gasteiger charge is -2.33. The van der Waals surface area contributed by atoms with Crippen molar-refractivity contribution in [3.63, 3.8) is 0 Å². The van der Waals surface area contributed by atoms with E-state index in [1.807, 2.05) is 17.5 Å². The van der Waals surface area contributed by atoms with Crippen LogP contribution in [0, 0.1) is 11.7 Å². The Bertz CT molecular complexity index is 705. The minimum absolute atomic E-state index is 0.00618. The zero-order valence-corrected chi connectivity index (χ0v) is 15.2. The number of hydrogen-bond acceptors (Lipinski definition) is 4. The zero-order valence-electron chi connectivity index (χ0n) is 14.3. The van der Waals surface area contributed by atoms with E-state index in [2.05, 4.69) is 10.2 Å². The van der Waals surface area contributed by atoms with Crippen LogP contribution in [0.1, 0.15) is 28.1 Å². The molecule has 6 heteroatoms. The molecule has 3 rings (SSSR count). The predicted octanol–water partition coefficient (Wildman–Crippen LogP) is 3.54. The second kappa shape index (κ2) is 8.45. The summed E-state index contributed by atoms with van der Waals surface area (Å²) in [4.78, 5) is 15.1. The van der Waals surface area contributed by atoms with E-state index in [4.69, 9.17) is 4.74 Å². The Hall–Kier alpha value is -1.92. The third kappa shape index (κ3) is 4.80. The summed E-state index contributed by atoms with van der Waals surface area (Å²) in [7, 11) is 1.54. The molecule has 1 aliphatic rings. The number of carbonyl (C=O) groups is 1. The number of benzene rings is 1. The number of hydrogen-bond donors (Lipinski definition) is 1. The molecule has 2 aromatic rings. The highest BCUT2D eigenvalue weighted by molar-refractivity contribution is 7.12. The van der Waals surface area contributed by atoms with Crippen molar-refractivity contribution in [2.45, 2.75) is 19.4 Å². The van der Waals surface area contributed by atoms with Gasteiger partial charge >= 0.3 is 0 Å². The van der Waals surface area contributed by atoms with Crippen LogP contribution in [0.25, 0.3) is 0 Å². The molecule has 1 aromatic carbocycles. The first-order chi connectivity index (χ1) is 12.2. The van der Waals surface area contributed by atoms with Crippen LogP contribution in [0.15, 0.2) is 35.7 Å². The largest absolute Gasteiger partial charge is 0.497 e. The number of nitrogens with one attached hydrogen (secondary N) is 1. The molecule has 1 aliphatic heterocycles. The van der Waals surface area contributed by atoms with Gasteiger partial charge in [-0.05, 0) is 42.8 Å². The van der Waals surface area contributed by atoms with Gasteiger partial charge in [0.15, 0.2) is 0 Å². The van der Waals surface area contributed by atoms with E-state index in [1.54, 1.807) is 12.1 Å². The molecule has 0 unspecified atom stereocenters. The van der Waals surface area contributed by atoms with Gasteiger partial charge in [0.1, 0.15) is 11.6 Å². The molecular weight excluding hydrogens is 339 g/mol. The zero-order chi connectivity index (χ0) is 17.6. The summed E-state index contributed by atoms with van der Waals surface area (Å²) < 4.78 is 19.2. The van der Waals surface area contributed by atoms with Crippen molar-refractivity contribution in [2.24, 2.45) is 5.92 Å². The van der Waals surface area contributed by atoms with Crippen molar-refractivity contribution in [3.05, 3.63) is 52.0 Å². The molecule has 4 nitrogen and oxygen atoms in total. The maximum absolute atomic E-state index is 14.1. The quantitative estimate of drug-likeness (QED) is 0.855. The van der Waals surface area contributed by atoms with Crippen LogP contribution in [-0.4, -0.2) is 37.6 Å². The van der Waals surface area contributed by atoms with Crippen LogP contribution in [0.5, 0.6) is 5.75 Å². The molecule has 134 valence electrons. The van der Waals surface area contributed by atoms with E-state index >= 15 is 0 Å². The van der Waals surface area contributed by atoms with E-state index in [0.29, 0.717) is 30.3 Å². The molecule has 0 radical (unpaired) electrons. The highest BCUT2D eigenvalue weighted by atomic mass is 32.1. The monoisotopic (exact) mass is 362 g/mol. The lowest BCUT2D eigenvalue weighted by atomic mass is 9.97. The summed E-state index contributed by atoms with van der Waals surface area (Å²) in [6.45, 7) is 3.08. The Morgan fingerprint density at radius 3 is 3.04 bits per heavy atom. The van der Waals surface area contributed by atoms with Crippen LogP contribution < -0.4 is 10.1 Å². The molecule has 0 aliphatic carbocycles. The molecule has 1 fully saturated rings. The summed E-state index contributed by atoms with van der Waals surface area (Å²) in [5.41, 5.74) is 0.684. The molecule has 0 spiro atoms. The summed E-state index contributed by atoms with van der Waals surface area (Å²) in [5, 5.41) is 4.92. The molecule has 1 aromatic heterocycles. The van der Waals surface area contributed by atoms with Crippen molar-refractivity contribution < 1.29 is 13.9 Å². The van der Waals surface area contributed by atoms with E-state index in [-0.39, 0.29) is 11.7 Å². The third-order valence-electron chi connectivity index (χ3n) is 4.55. The topological polar surface area (TPSA) is 41.6 Å². The smallest absolute Gasteiger partial charge is 0.261 e. The Morgan fingerprint density at radius 1 is 1.44 bits per heavy atom. The number of nitrogens with zero attached hydrogens (tertiary/aromatic N) is 1. The van der Waals surface area contributed by atoms with Crippen molar-refractivity contribution in [1.82, 2.24) is 10.2 Å². The Labute approximate surface area is 151 Å². The van der Waals surface area contributed by atoms with Gasteiger partial charge in [-0.1, -0.05) is 12.1 Å². The number of rotatable bonds is 6. The van der Waals surface area contributed by atoms with Gasteiger partial charge in [0.05, 0.1) is 12.0 Å². The van der Waals surface area contributed by atoms with Gasteiger partial charge in [0.25, 0.3) is 5.91 Å². The van der Waals surface area contributed by atoms with Crippen LogP contribution in [-0.2, 0) is 6.54 Å². The van der Waals surface area contributed by atoms with Crippen LogP contribution in [0.2, 0.25) is 0 Å². The average molecular weight is 362 g/mol. The minimum Gasteiger partial charge on any atom is -0.497 e. The fourth-order valence-corrected chi connectivity index (χ4v) is 3.86. The number of methoxy groups -OCH3 is 1. The summed E-state index contributed by atoms with van der Waals surface area (Å²) in [6.07, 6.45) is 2.16. The standard InChI is InChI=1S/C19H23FN2O2S/c1-24-16-7-6-15(17(20)10-16)13-22-8-2-4-14(12-22)11-21-19(23)18-5-3-9-25-18/h3,5-7,9-10,14H,2,4,8,11-13H2,1H3,(H,21,23)/t14-/m0/s1. The predicted molar refractivity (Wildman–Crippen MR) is 97.6 cm³/mol. The second-order valence-electron chi connectivity index (χ2n) is 6.39. The lowest BCUT2D eigenvalue weighted by Crippen LogP contribution is -2.40. The number of likely N-dealkylation sites (tertiary alicyclic amines) is 1. The van der Waals surface area contributed by atoms with Gasteiger partial charge in [-0.3, -0.25) is 9.69 Å². The molecule has 25 heavy (non-hydrogen) atoms. The molecule has 1 atom stereocenters. The van der Waals surface area contributed by atoms with E-state index < -0.39 is 0 Å². The number of ether oxygens (including phenoxy) is 1. The third-order valence-corrected chi connectivity index (χ3v) is 5.42. The fraction of sp³-hybridized carbons (Fsp3) is 0.421. The first kappa shape index (κ1) is 17.9. The number of carbonyl (C=O) groups excluding carboxylic acids is 1. The maximum atomic E-state index is 14.1. The Kier molecular flexibility index (Phi) is 6.04. The summed E-state index contributed by atoms with van der Waals surface area (Å²) >= 11 is 1.45. The van der Waals surface area contributed by atoms with Crippen molar-refractivity contribution in [2.75, 3.05) is 26.7 Å². The van der Waals surface area contributed by atoms with Gasteiger partial charge < -0.3 is 10.1 Å². The molecule has 1 N–H and O–H groups in total. The van der Waals surface area contributed by atoms with E-state index in [9.17, 15) is 9.18 Å². The first-order valence-corrected chi connectivity index (χ1v) is 9.40. The molecule has 2 heterocycles. The van der Waals surface area contributed by atoms with Crippen molar-refractivity contribution >= 4 is 17.2 Å². The maximum Gasteiger partial charge on any atom is 0.261 e. The van der Waals surface area contributed by atoms with E-state index in [0.717, 1.165) is 30.8 Å². The molecule has 1 saturated heterocycles. The first-order valence-electron chi connectivity index (χ1n) is 8.52. The number of halogens is 1. The number of piperidine rings is 1. The van der Waals surface area contributed by atoms with Gasteiger partial charge in [0.2, 0.25) is 0 Å². The summed E-state index contributed by atoms with van der Waals surface area (Å²) in [5.74, 6) is 0.703. The Morgan fingerprint density at radius 2 is 2.32 bits per heavy atom. The molecule has 1 amide bonds. The highest BCUT2D eigenvalue weighted by Crippen LogP contribution is 2.22. The average Bonchev–Trinajstić information content (AvgIpc) is 3.16. The van der Waals surface area contributed by atoms with Gasteiger partial charge in [0, 0.05) is 31.3 Å². The van der Waals surface area contributed by atoms with Crippen LogP contribution >= 0.6 is 11.3 Å². The van der Waals surface area contributed by atoms with Crippen molar-refractivity contribution in [3.8, 4) is 5.75 Å². The normalized spacial score (nSPS) is 18.1. The second-order valence-corrected chi connectivity index (χ2v) is 7.34. The lowest BCUT2D eigenvalue weighted by molar-refractivity contribution is 0.0934. The minimum atomic E-state index is -0.229. The van der Waals surface area contributed by atoms with Crippen molar-refractivity contribution in [1.29, 1.82) is 0 Å². The molecular formula is C19H23FN2O2S.